The molecule has 1 fully saturated rings. The van der Waals surface area contributed by atoms with Gasteiger partial charge in [-0.3, -0.25) is 0 Å². The first kappa shape index (κ1) is 13.2. The van der Waals surface area contributed by atoms with Crippen LogP contribution in [0.15, 0.2) is 54.6 Å². The van der Waals surface area contributed by atoms with Gasteiger partial charge >= 0.3 is 0 Å². The first-order valence-electron chi connectivity index (χ1n) is 7.39. The number of nitrogens with zero attached hydrogens (tertiary/aromatic N) is 1. The third kappa shape index (κ3) is 2.70. The Kier molecular flexibility index (Phi) is 3.75. The molecule has 0 aliphatic carbocycles. The molecule has 2 nitrogen and oxygen atoms in total. The maximum atomic E-state index is 5.90. The molecule has 0 spiro atoms. The second kappa shape index (κ2) is 5.68. The number of nitrogens with two attached hydrogens (primary N) is 1. The summed E-state index contributed by atoms with van der Waals surface area (Å²) in [6.45, 7) is 4.27. The van der Waals surface area contributed by atoms with Crippen LogP contribution in [-0.2, 0) is 0 Å². The van der Waals surface area contributed by atoms with Crippen molar-refractivity contribution in [2.24, 2.45) is 5.73 Å². The Labute approximate surface area is 121 Å². The summed E-state index contributed by atoms with van der Waals surface area (Å²) in [4.78, 5) is 2.47. The standard InChI is InChI=1S/C18H22N2/c1-14(19)15-7-9-18(10-8-15)20-12-11-17(13-20)16-5-3-2-4-6-16/h2-10,14,17H,11-13,19H2,1H3/t14-,17?/m0/s1. The number of hydrogen-bond donors (Lipinski definition) is 1. The topological polar surface area (TPSA) is 29.3 Å². The largest absolute Gasteiger partial charge is 0.371 e. The van der Waals surface area contributed by atoms with E-state index in [1.54, 1.807) is 0 Å². The summed E-state index contributed by atoms with van der Waals surface area (Å²) in [7, 11) is 0. The van der Waals surface area contributed by atoms with Crippen molar-refractivity contribution in [1.82, 2.24) is 0 Å². The molecule has 1 aliphatic heterocycles. The van der Waals surface area contributed by atoms with Crippen LogP contribution in [0.1, 0.15) is 36.4 Å². The minimum Gasteiger partial charge on any atom is -0.371 e. The number of hydrogen-bond acceptors (Lipinski definition) is 2. The van der Waals surface area contributed by atoms with Crippen LogP contribution in [0, 0.1) is 0 Å². The third-order valence-corrected chi connectivity index (χ3v) is 4.24. The van der Waals surface area contributed by atoms with Crippen LogP contribution >= 0.6 is 0 Å². The monoisotopic (exact) mass is 266 g/mol. The quantitative estimate of drug-likeness (QED) is 0.918. The van der Waals surface area contributed by atoms with Crippen LogP contribution in [0.5, 0.6) is 0 Å². The maximum absolute atomic E-state index is 5.90. The summed E-state index contributed by atoms with van der Waals surface area (Å²) in [6, 6.07) is 19.7. The second-order valence-corrected chi connectivity index (χ2v) is 5.72. The van der Waals surface area contributed by atoms with Gasteiger partial charge in [0.05, 0.1) is 0 Å². The molecule has 20 heavy (non-hydrogen) atoms. The predicted octanol–water partition coefficient (Wildman–Crippen LogP) is 3.70. The number of rotatable bonds is 3. The van der Waals surface area contributed by atoms with E-state index in [4.69, 9.17) is 5.73 Å². The molecule has 0 aromatic heterocycles. The van der Waals surface area contributed by atoms with Gasteiger partial charge in [0.2, 0.25) is 0 Å². The average Bonchev–Trinajstić information content (AvgIpc) is 2.98. The molecule has 1 saturated heterocycles. The van der Waals surface area contributed by atoms with Gasteiger partial charge in [-0.25, -0.2) is 0 Å². The van der Waals surface area contributed by atoms with Crippen LogP contribution in [0.2, 0.25) is 0 Å². The minimum absolute atomic E-state index is 0.111. The van der Waals surface area contributed by atoms with Crippen LogP contribution < -0.4 is 10.6 Å². The van der Waals surface area contributed by atoms with E-state index in [1.807, 2.05) is 6.92 Å². The van der Waals surface area contributed by atoms with Crippen LogP contribution in [0.25, 0.3) is 0 Å². The minimum atomic E-state index is 0.111. The van der Waals surface area contributed by atoms with E-state index in [1.165, 1.54) is 23.2 Å². The molecule has 2 aromatic carbocycles. The van der Waals surface area contributed by atoms with Crippen LogP contribution in [0.3, 0.4) is 0 Å². The van der Waals surface area contributed by atoms with E-state index in [-0.39, 0.29) is 6.04 Å². The lowest BCUT2D eigenvalue weighted by Gasteiger charge is -2.19. The van der Waals surface area contributed by atoms with Crippen LogP contribution in [-0.4, -0.2) is 13.1 Å². The predicted molar refractivity (Wildman–Crippen MR) is 85.1 cm³/mol. The Hall–Kier alpha value is -1.80. The Balaban J connectivity index is 1.71. The fraction of sp³-hybridized carbons (Fsp3) is 0.333. The lowest BCUT2D eigenvalue weighted by Crippen LogP contribution is -2.19. The van der Waals surface area contributed by atoms with E-state index in [0.29, 0.717) is 5.92 Å². The molecule has 0 saturated carbocycles. The molecular weight excluding hydrogens is 244 g/mol. The molecule has 2 aromatic rings. The van der Waals surface area contributed by atoms with Gasteiger partial charge in [-0.15, -0.1) is 0 Å². The highest BCUT2D eigenvalue weighted by molar-refractivity contribution is 5.49. The summed E-state index contributed by atoms with van der Waals surface area (Å²) >= 11 is 0. The van der Waals surface area contributed by atoms with Gasteiger partial charge < -0.3 is 10.6 Å². The second-order valence-electron chi connectivity index (χ2n) is 5.72. The summed E-state index contributed by atoms with van der Waals surface area (Å²) in [5.41, 5.74) is 9.88. The zero-order valence-corrected chi connectivity index (χ0v) is 12.0. The smallest absolute Gasteiger partial charge is 0.0366 e. The summed E-state index contributed by atoms with van der Waals surface area (Å²) in [6.07, 6.45) is 1.24. The van der Waals surface area contributed by atoms with Crippen molar-refractivity contribution in [3.05, 3.63) is 65.7 Å². The number of benzene rings is 2. The molecular formula is C18H22N2. The molecule has 0 radical (unpaired) electrons. The third-order valence-electron chi connectivity index (χ3n) is 4.24. The van der Waals surface area contributed by atoms with E-state index in [0.717, 1.165) is 13.1 Å². The Morgan fingerprint density at radius 2 is 1.75 bits per heavy atom. The molecule has 1 unspecified atom stereocenters. The molecule has 0 amide bonds. The van der Waals surface area contributed by atoms with Gasteiger partial charge in [-0.05, 0) is 36.6 Å². The normalized spacial score (nSPS) is 20.1. The molecule has 0 bridgehead atoms. The zero-order valence-electron chi connectivity index (χ0n) is 12.0. The van der Waals surface area contributed by atoms with Crippen molar-refractivity contribution in [2.45, 2.75) is 25.3 Å². The summed E-state index contributed by atoms with van der Waals surface area (Å²) < 4.78 is 0. The van der Waals surface area contributed by atoms with Crippen molar-refractivity contribution < 1.29 is 0 Å². The molecule has 2 N–H and O–H groups in total. The summed E-state index contributed by atoms with van der Waals surface area (Å²) in [5.74, 6) is 0.657. The Morgan fingerprint density at radius 3 is 2.40 bits per heavy atom. The van der Waals surface area contributed by atoms with E-state index in [9.17, 15) is 0 Å². The fourth-order valence-corrected chi connectivity index (χ4v) is 2.98. The first-order chi connectivity index (χ1) is 9.74. The highest BCUT2D eigenvalue weighted by Crippen LogP contribution is 2.30. The van der Waals surface area contributed by atoms with E-state index in [2.05, 4.69) is 59.5 Å². The van der Waals surface area contributed by atoms with E-state index >= 15 is 0 Å². The van der Waals surface area contributed by atoms with Crippen LogP contribution in [0.4, 0.5) is 5.69 Å². The number of anilines is 1. The molecule has 104 valence electrons. The maximum Gasteiger partial charge on any atom is 0.0366 e. The lowest BCUT2D eigenvalue weighted by atomic mass is 9.99. The van der Waals surface area contributed by atoms with Crippen molar-refractivity contribution in [2.75, 3.05) is 18.0 Å². The van der Waals surface area contributed by atoms with Gasteiger partial charge in [0.25, 0.3) is 0 Å². The molecule has 1 heterocycles. The SMILES string of the molecule is C[C@H](N)c1ccc(N2CCC(c3ccccc3)C2)cc1. The van der Waals surface area contributed by atoms with Crippen molar-refractivity contribution in [1.29, 1.82) is 0 Å². The molecule has 2 heteroatoms. The van der Waals surface area contributed by atoms with Crippen molar-refractivity contribution in [3.8, 4) is 0 Å². The van der Waals surface area contributed by atoms with Crippen molar-refractivity contribution in [3.63, 3.8) is 0 Å². The van der Waals surface area contributed by atoms with Gasteiger partial charge in [0.1, 0.15) is 0 Å². The first-order valence-corrected chi connectivity index (χ1v) is 7.39. The highest BCUT2D eigenvalue weighted by atomic mass is 15.1. The fourth-order valence-electron chi connectivity index (χ4n) is 2.98. The van der Waals surface area contributed by atoms with Gasteiger partial charge in [0.15, 0.2) is 0 Å². The van der Waals surface area contributed by atoms with Gasteiger partial charge in [-0.1, -0.05) is 42.5 Å². The van der Waals surface area contributed by atoms with E-state index < -0.39 is 0 Å². The van der Waals surface area contributed by atoms with Gasteiger partial charge in [0, 0.05) is 30.7 Å². The van der Waals surface area contributed by atoms with Gasteiger partial charge in [-0.2, -0.15) is 0 Å². The Bertz CT molecular complexity index is 545. The lowest BCUT2D eigenvalue weighted by molar-refractivity contribution is 0.775. The molecule has 1 aliphatic rings. The summed E-state index contributed by atoms with van der Waals surface area (Å²) in [5, 5.41) is 0. The molecule has 2 atom stereocenters. The van der Waals surface area contributed by atoms with Crippen molar-refractivity contribution >= 4 is 5.69 Å². The molecule has 3 rings (SSSR count). The zero-order chi connectivity index (χ0) is 13.9. The highest BCUT2D eigenvalue weighted by Gasteiger charge is 2.23. The average molecular weight is 266 g/mol. The Morgan fingerprint density at radius 1 is 1.05 bits per heavy atom.